The Bertz CT molecular complexity index is 1310. The first-order valence-corrected chi connectivity index (χ1v) is 12.0. The van der Waals surface area contributed by atoms with Crippen molar-refractivity contribution in [2.24, 2.45) is 0 Å². The number of pyridine rings is 1. The zero-order valence-electron chi connectivity index (χ0n) is 20.0. The Morgan fingerprint density at radius 2 is 2.03 bits per heavy atom. The molecule has 1 N–H and O–H groups in total. The second-order valence-corrected chi connectivity index (χ2v) is 8.81. The SMILES string of the molecule is C#Cc1cc(=O)n2c3nc(ncc13)Nc1ccc(N3CCN(CCOC)CC3)c(c1)OCCCC2. The Kier molecular flexibility index (Phi) is 6.84. The topological polar surface area (TPSA) is 84.8 Å². The van der Waals surface area contributed by atoms with Crippen molar-refractivity contribution in [2.45, 2.75) is 19.4 Å². The zero-order valence-corrected chi connectivity index (χ0v) is 20.0. The molecule has 2 aromatic heterocycles. The number of terminal acetylenes is 1. The fourth-order valence-electron chi connectivity index (χ4n) is 4.63. The normalized spacial score (nSPS) is 16.5. The first kappa shape index (κ1) is 23.1. The third kappa shape index (κ3) is 4.94. The van der Waals surface area contributed by atoms with E-state index in [1.807, 2.05) is 12.1 Å². The summed E-state index contributed by atoms with van der Waals surface area (Å²) in [4.78, 5) is 26.7. The number of rotatable bonds is 4. The number of ether oxygens (including phenoxy) is 2. The molecule has 35 heavy (non-hydrogen) atoms. The summed E-state index contributed by atoms with van der Waals surface area (Å²) >= 11 is 0. The van der Waals surface area contributed by atoms with Crippen molar-refractivity contribution in [3.8, 4) is 18.1 Å². The van der Waals surface area contributed by atoms with Crippen LogP contribution in [0.4, 0.5) is 17.3 Å². The molecule has 0 amide bonds. The van der Waals surface area contributed by atoms with E-state index in [-0.39, 0.29) is 5.56 Å². The monoisotopic (exact) mass is 474 g/mol. The predicted molar refractivity (Wildman–Crippen MR) is 137 cm³/mol. The highest BCUT2D eigenvalue weighted by atomic mass is 16.5. The van der Waals surface area contributed by atoms with Crippen LogP contribution in [-0.4, -0.2) is 72.5 Å². The molecule has 1 fully saturated rings. The van der Waals surface area contributed by atoms with Crippen LogP contribution in [0.2, 0.25) is 0 Å². The molecule has 0 aliphatic carbocycles. The summed E-state index contributed by atoms with van der Waals surface area (Å²) in [5, 5.41) is 3.97. The van der Waals surface area contributed by atoms with Gasteiger partial charge in [-0.05, 0) is 25.0 Å². The van der Waals surface area contributed by atoms with E-state index >= 15 is 0 Å². The quantitative estimate of drug-likeness (QED) is 0.578. The molecule has 0 unspecified atom stereocenters. The smallest absolute Gasteiger partial charge is 0.253 e. The van der Waals surface area contributed by atoms with Crippen molar-refractivity contribution < 1.29 is 9.47 Å². The van der Waals surface area contributed by atoms with Gasteiger partial charge in [-0.3, -0.25) is 14.3 Å². The third-order valence-electron chi connectivity index (χ3n) is 6.58. The lowest BCUT2D eigenvalue weighted by Crippen LogP contribution is -2.47. The number of piperazine rings is 1. The lowest BCUT2D eigenvalue weighted by Gasteiger charge is -2.36. The van der Waals surface area contributed by atoms with Gasteiger partial charge in [0.1, 0.15) is 11.4 Å². The summed E-state index contributed by atoms with van der Waals surface area (Å²) in [6.45, 7) is 6.65. The zero-order chi connectivity index (χ0) is 24.2. The first-order valence-electron chi connectivity index (χ1n) is 12.0. The van der Waals surface area contributed by atoms with Crippen LogP contribution in [0.5, 0.6) is 5.75 Å². The van der Waals surface area contributed by atoms with Crippen LogP contribution >= 0.6 is 0 Å². The van der Waals surface area contributed by atoms with Gasteiger partial charge in [0.15, 0.2) is 0 Å². The number of nitrogens with zero attached hydrogens (tertiary/aromatic N) is 5. The molecule has 0 radical (unpaired) electrons. The Hall–Kier alpha value is -3.61. The van der Waals surface area contributed by atoms with Crippen LogP contribution in [0, 0.1) is 12.3 Å². The van der Waals surface area contributed by atoms with E-state index in [1.54, 1.807) is 17.9 Å². The van der Waals surface area contributed by atoms with Crippen molar-refractivity contribution in [2.75, 3.05) is 63.3 Å². The van der Waals surface area contributed by atoms with Crippen molar-refractivity contribution in [3.63, 3.8) is 0 Å². The Morgan fingerprint density at radius 3 is 2.83 bits per heavy atom. The van der Waals surface area contributed by atoms with Crippen molar-refractivity contribution in [1.29, 1.82) is 0 Å². The van der Waals surface area contributed by atoms with Crippen LogP contribution in [0.15, 0.2) is 35.3 Å². The van der Waals surface area contributed by atoms with Gasteiger partial charge in [0.2, 0.25) is 5.95 Å². The molecule has 3 aromatic rings. The summed E-state index contributed by atoms with van der Waals surface area (Å²) in [6, 6.07) is 7.59. The van der Waals surface area contributed by atoms with Crippen LogP contribution < -0.4 is 20.5 Å². The number of anilines is 3. The van der Waals surface area contributed by atoms with Gasteiger partial charge >= 0.3 is 0 Å². The molecule has 9 heteroatoms. The van der Waals surface area contributed by atoms with E-state index < -0.39 is 0 Å². The summed E-state index contributed by atoms with van der Waals surface area (Å²) in [5.41, 5.74) is 2.81. The molecule has 1 saturated heterocycles. The largest absolute Gasteiger partial charge is 0.491 e. The van der Waals surface area contributed by atoms with Crippen LogP contribution in [0.25, 0.3) is 11.0 Å². The van der Waals surface area contributed by atoms with E-state index in [0.717, 1.165) is 69.3 Å². The van der Waals surface area contributed by atoms with E-state index in [4.69, 9.17) is 15.9 Å². The molecule has 2 aliphatic rings. The number of aromatic nitrogens is 3. The van der Waals surface area contributed by atoms with E-state index in [0.29, 0.717) is 35.7 Å². The molecular weight excluding hydrogens is 444 g/mol. The predicted octanol–water partition coefficient (Wildman–Crippen LogP) is 2.46. The number of hydrogen-bond donors (Lipinski definition) is 1. The van der Waals surface area contributed by atoms with Gasteiger partial charge < -0.3 is 19.7 Å². The van der Waals surface area contributed by atoms with Gasteiger partial charge in [0, 0.05) is 76.0 Å². The standard InChI is InChI=1S/C26H30N6O3/c1-3-19-16-24(33)32-8-4-5-14-35-23-17-20(28-26-27-18-21(19)25(32)29-26)6-7-22(23)31-11-9-30(10-12-31)13-15-34-2/h1,6-7,16-18H,4-5,8-15H2,2H3,(H,27,28,29). The maximum absolute atomic E-state index is 12.7. The second kappa shape index (κ2) is 10.3. The lowest BCUT2D eigenvalue weighted by molar-refractivity contribution is 0.144. The van der Waals surface area contributed by atoms with Gasteiger partial charge in [0.05, 0.1) is 24.3 Å². The number of methoxy groups -OCH3 is 1. The molecule has 5 rings (SSSR count). The maximum atomic E-state index is 12.7. The molecule has 9 nitrogen and oxygen atoms in total. The molecule has 2 aliphatic heterocycles. The van der Waals surface area contributed by atoms with E-state index in [9.17, 15) is 4.79 Å². The molecule has 4 bridgehead atoms. The molecule has 0 spiro atoms. The van der Waals surface area contributed by atoms with E-state index in [2.05, 4.69) is 37.1 Å². The summed E-state index contributed by atoms with van der Waals surface area (Å²) in [5.74, 6) is 3.83. The minimum absolute atomic E-state index is 0.154. The fourth-order valence-corrected chi connectivity index (χ4v) is 4.63. The Balaban J connectivity index is 1.44. The average molecular weight is 475 g/mol. The number of aryl methyl sites for hydroxylation is 1. The number of nitrogens with one attached hydrogen (secondary N) is 1. The first-order chi connectivity index (χ1) is 17.2. The van der Waals surface area contributed by atoms with Gasteiger partial charge in [-0.2, -0.15) is 4.98 Å². The van der Waals surface area contributed by atoms with Crippen molar-refractivity contribution in [3.05, 3.63) is 46.4 Å². The average Bonchev–Trinajstić information content (AvgIpc) is 2.89. The lowest BCUT2D eigenvalue weighted by atomic mass is 10.2. The minimum atomic E-state index is -0.154. The number of hydrogen-bond acceptors (Lipinski definition) is 8. The molecule has 1 aromatic carbocycles. The van der Waals surface area contributed by atoms with Crippen molar-refractivity contribution in [1.82, 2.24) is 19.4 Å². The third-order valence-corrected chi connectivity index (χ3v) is 6.58. The molecule has 0 atom stereocenters. The van der Waals surface area contributed by atoms with Gasteiger partial charge in [-0.25, -0.2) is 4.98 Å². The molecule has 0 saturated carbocycles. The fraction of sp³-hybridized carbons (Fsp3) is 0.423. The molecular formula is C26H30N6O3. The van der Waals surface area contributed by atoms with Gasteiger partial charge in [-0.1, -0.05) is 5.92 Å². The summed E-state index contributed by atoms with van der Waals surface area (Å²) in [6.07, 6.45) is 8.91. The Labute approximate surface area is 204 Å². The molecule has 4 heterocycles. The number of benzene rings is 1. The van der Waals surface area contributed by atoms with Crippen LogP contribution in [0.3, 0.4) is 0 Å². The second-order valence-electron chi connectivity index (χ2n) is 8.81. The van der Waals surface area contributed by atoms with Crippen LogP contribution in [0.1, 0.15) is 18.4 Å². The van der Waals surface area contributed by atoms with Crippen molar-refractivity contribution >= 4 is 28.4 Å². The van der Waals surface area contributed by atoms with Gasteiger partial charge in [-0.15, -0.1) is 6.42 Å². The summed E-state index contributed by atoms with van der Waals surface area (Å²) < 4.78 is 13.2. The Morgan fingerprint density at radius 1 is 1.17 bits per heavy atom. The summed E-state index contributed by atoms with van der Waals surface area (Å²) in [7, 11) is 1.74. The maximum Gasteiger partial charge on any atom is 0.253 e. The highest BCUT2D eigenvalue weighted by molar-refractivity contribution is 5.82. The van der Waals surface area contributed by atoms with E-state index in [1.165, 1.54) is 6.07 Å². The van der Waals surface area contributed by atoms with Gasteiger partial charge in [0.25, 0.3) is 5.56 Å². The highest BCUT2D eigenvalue weighted by Gasteiger charge is 2.21. The minimum Gasteiger partial charge on any atom is -0.491 e. The molecule has 182 valence electrons. The number of fused-ring (bicyclic) bond motifs is 3. The highest BCUT2D eigenvalue weighted by Crippen LogP contribution is 2.33. The van der Waals surface area contributed by atoms with Crippen LogP contribution in [-0.2, 0) is 11.3 Å².